The highest BCUT2D eigenvalue weighted by Crippen LogP contribution is 2.36. The Morgan fingerprint density at radius 2 is 2.05 bits per heavy atom. The van der Waals surface area contributed by atoms with Crippen LogP contribution in [0.25, 0.3) is 10.2 Å². The molecule has 0 aliphatic heterocycles. The smallest absolute Gasteiger partial charge is 0.194 e. The van der Waals surface area contributed by atoms with E-state index in [2.05, 4.69) is 17.1 Å². The molecule has 0 unspecified atom stereocenters. The molecule has 2 nitrogen and oxygen atoms in total. The standard InChI is InChI=1S/C18H15NOS/c20-18(15-10-17-16(19-11-15)7-8-21-17)14-6-2-5-13(9-14)12-3-1-4-12/h2,5-12H,1,3-4H2. The van der Waals surface area contributed by atoms with E-state index in [4.69, 9.17) is 0 Å². The Balaban J connectivity index is 1.69. The molecular weight excluding hydrogens is 278 g/mol. The van der Waals surface area contributed by atoms with Crippen molar-refractivity contribution in [2.75, 3.05) is 0 Å². The van der Waals surface area contributed by atoms with Gasteiger partial charge in [0.15, 0.2) is 5.78 Å². The molecule has 0 amide bonds. The molecule has 0 bridgehead atoms. The Morgan fingerprint density at radius 1 is 1.14 bits per heavy atom. The zero-order valence-corrected chi connectivity index (χ0v) is 12.4. The summed E-state index contributed by atoms with van der Waals surface area (Å²) in [7, 11) is 0. The van der Waals surface area contributed by atoms with Gasteiger partial charge in [-0.3, -0.25) is 9.78 Å². The number of fused-ring (bicyclic) bond motifs is 1. The molecule has 1 aromatic carbocycles. The monoisotopic (exact) mass is 293 g/mol. The summed E-state index contributed by atoms with van der Waals surface area (Å²) >= 11 is 1.62. The molecule has 21 heavy (non-hydrogen) atoms. The first-order valence-electron chi connectivity index (χ1n) is 7.29. The van der Waals surface area contributed by atoms with Crippen molar-refractivity contribution < 1.29 is 4.79 Å². The zero-order valence-electron chi connectivity index (χ0n) is 11.6. The number of hydrogen-bond donors (Lipinski definition) is 0. The normalized spacial score (nSPS) is 15.0. The Labute approximate surface area is 127 Å². The fourth-order valence-electron chi connectivity index (χ4n) is 2.81. The molecule has 4 rings (SSSR count). The van der Waals surface area contributed by atoms with Gasteiger partial charge in [-0.1, -0.05) is 24.6 Å². The number of hydrogen-bond acceptors (Lipinski definition) is 3. The van der Waals surface area contributed by atoms with E-state index < -0.39 is 0 Å². The highest BCUT2D eigenvalue weighted by molar-refractivity contribution is 7.17. The molecule has 3 aromatic rings. The summed E-state index contributed by atoms with van der Waals surface area (Å²) in [5.41, 5.74) is 3.71. The predicted molar refractivity (Wildman–Crippen MR) is 86.1 cm³/mol. The molecule has 0 N–H and O–H groups in total. The lowest BCUT2D eigenvalue weighted by molar-refractivity contribution is 0.103. The summed E-state index contributed by atoms with van der Waals surface area (Å²) in [5, 5.41) is 2.00. The lowest BCUT2D eigenvalue weighted by Gasteiger charge is -2.26. The lowest BCUT2D eigenvalue weighted by Crippen LogP contribution is -2.10. The number of thiophene rings is 1. The van der Waals surface area contributed by atoms with Crippen LogP contribution in [0.15, 0.2) is 48.0 Å². The van der Waals surface area contributed by atoms with Crippen molar-refractivity contribution in [1.29, 1.82) is 0 Å². The van der Waals surface area contributed by atoms with Gasteiger partial charge in [0, 0.05) is 17.3 Å². The first kappa shape index (κ1) is 12.7. The Kier molecular flexibility index (Phi) is 3.08. The van der Waals surface area contributed by atoms with E-state index >= 15 is 0 Å². The maximum absolute atomic E-state index is 12.7. The average Bonchev–Trinajstić information content (AvgIpc) is 2.92. The lowest BCUT2D eigenvalue weighted by atomic mass is 9.79. The minimum absolute atomic E-state index is 0.0685. The van der Waals surface area contributed by atoms with E-state index in [9.17, 15) is 4.79 Å². The van der Waals surface area contributed by atoms with Gasteiger partial charge in [-0.2, -0.15) is 0 Å². The molecule has 1 fully saturated rings. The summed E-state index contributed by atoms with van der Waals surface area (Å²) in [6.07, 6.45) is 5.50. The summed E-state index contributed by atoms with van der Waals surface area (Å²) < 4.78 is 1.07. The van der Waals surface area contributed by atoms with E-state index in [1.165, 1.54) is 24.8 Å². The van der Waals surface area contributed by atoms with Crippen LogP contribution in [-0.4, -0.2) is 10.8 Å². The van der Waals surface area contributed by atoms with Gasteiger partial charge in [0.1, 0.15) is 0 Å². The van der Waals surface area contributed by atoms with E-state index in [-0.39, 0.29) is 5.78 Å². The zero-order chi connectivity index (χ0) is 14.2. The Morgan fingerprint density at radius 3 is 2.86 bits per heavy atom. The van der Waals surface area contributed by atoms with Gasteiger partial charge in [-0.05, 0) is 47.9 Å². The van der Waals surface area contributed by atoms with Crippen LogP contribution in [0.2, 0.25) is 0 Å². The number of aromatic nitrogens is 1. The van der Waals surface area contributed by atoms with Gasteiger partial charge in [0.2, 0.25) is 0 Å². The quantitative estimate of drug-likeness (QED) is 0.650. The highest BCUT2D eigenvalue weighted by Gasteiger charge is 2.20. The summed E-state index contributed by atoms with van der Waals surface area (Å²) in [6.45, 7) is 0. The number of carbonyl (C=O) groups excluding carboxylic acids is 1. The summed E-state index contributed by atoms with van der Waals surface area (Å²) in [5.74, 6) is 0.717. The van der Waals surface area contributed by atoms with Crippen LogP contribution in [0.1, 0.15) is 46.7 Å². The molecule has 1 aliphatic carbocycles. The van der Waals surface area contributed by atoms with Crippen LogP contribution in [0, 0.1) is 0 Å². The van der Waals surface area contributed by atoms with Crippen molar-refractivity contribution in [3.8, 4) is 0 Å². The van der Waals surface area contributed by atoms with Crippen LogP contribution in [0.5, 0.6) is 0 Å². The maximum atomic E-state index is 12.7. The van der Waals surface area contributed by atoms with Crippen molar-refractivity contribution >= 4 is 27.3 Å². The first-order valence-corrected chi connectivity index (χ1v) is 8.17. The van der Waals surface area contributed by atoms with Crippen LogP contribution in [0.4, 0.5) is 0 Å². The number of rotatable bonds is 3. The fraction of sp³-hybridized carbons (Fsp3) is 0.222. The van der Waals surface area contributed by atoms with Gasteiger partial charge < -0.3 is 0 Å². The third-order valence-electron chi connectivity index (χ3n) is 4.29. The van der Waals surface area contributed by atoms with Gasteiger partial charge in [-0.25, -0.2) is 0 Å². The highest BCUT2D eigenvalue weighted by atomic mass is 32.1. The SMILES string of the molecule is O=C(c1cccc(C2CCC2)c1)c1cnc2ccsc2c1. The first-order chi connectivity index (χ1) is 10.3. The van der Waals surface area contributed by atoms with Crippen molar-refractivity contribution in [2.24, 2.45) is 0 Å². The van der Waals surface area contributed by atoms with E-state index in [0.29, 0.717) is 11.5 Å². The number of carbonyl (C=O) groups is 1. The molecule has 0 radical (unpaired) electrons. The van der Waals surface area contributed by atoms with E-state index in [1.54, 1.807) is 17.5 Å². The van der Waals surface area contributed by atoms with Crippen molar-refractivity contribution in [3.05, 3.63) is 64.7 Å². The Hall–Kier alpha value is -2.00. The van der Waals surface area contributed by atoms with E-state index in [1.807, 2.05) is 29.6 Å². The largest absolute Gasteiger partial charge is 0.289 e. The second-order valence-corrected chi connectivity index (χ2v) is 6.56. The van der Waals surface area contributed by atoms with Gasteiger partial charge >= 0.3 is 0 Å². The summed E-state index contributed by atoms with van der Waals surface area (Å²) in [6, 6.07) is 12.0. The molecule has 1 aliphatic rings. The molecule has 0 spiro atoms. The topological polar surface area (TPSA) is 30.0 Å². The fourth-order valence-corrected chi connectivity index (χ4v) is 3.59. The van der Waals surface area contributed by atoms with Crippen LogP contribution >= 0.6 is 11.3 Å². The molecule has 3 heteroatoms. The third kappa shape index (κ3) is 2.28. The molecule has 2 heterocycles. The molecule has 0 saturated heterocycles. The molecule has 104 valence electrons. The minimum Gasteiger partial charge on any atom is -0.289 e. The second kappa shape index (κ2) is 5.08. The minimum atomic E-state index is 0.0685. The average molecular weight is 293 g/mol. The van der Waals surface area contributed by atoms with Gasteiger partial charge in [0.25, 0.3) is 0 Å². The van der Waals surface area contributed by atoms with Crippen LogP contribution < -0.4 is 0 Å². The number of ketones is 1. The van der Waals surface area contributed by atoms with E-state index in [0.717, 1.165) is 15.8 Å². The van der Waals surface area contributed by atoms with Gasteiger partial charge in [-0.15, -0.1) is 11.3 Å². The molecule has 0 atom stereocenters. The van der Waals surface area contributed by atoms with Crippen molar-refractivity contribution in [2.45, 2.75) is 25.2 Å². The van der Waals surface area contributed by atoms with Gasteiger partial charge in [0.05, 0.1) is 10.2 Å². The number of pyridine rings is 1. The molecular formula is C18H15NOS. The van der Waals surface area contributed by atoms with Crippen molar-refractivity contribution in [1.82, 2.24) is 4.98 Å². The van der Waals surface area contributed by atoms with Crippen LogP contribution in [-0.2, 0) is 0 Å². The number of benzene rings is 1. The second-order valence-electron chi connectivity index (χ2n) is 5.61. The van der Waals surface area contributed by atoms with Crippen molar-refractivity contribution in [3.63, 3.8) is 0 Å². The predicted octanol–water partition coefficient (Wildman–Crippen LogP) is 4.79. The maximum Gasteiger partial charge on any atom is 0.194 e. The van der Waals surface area contributed by atoms with Crippen LogP contribution in [0.3, 0.4) is 0 Å². The number of nitrogens with zero attached hydrogens (tertiary/aromatic N) is 1. The molecule has 2 aromatic heterocycles. The third-order valence-corrected chi connectivity index (χ3v) is 5.14. The summed E-state index contributed by atoms with van der Waals surface area (Å²) in [4.78, 5) is 17.0. The Bertz CT molecular complexity index is 817. The molecule has 1 saturated carbocycles.